The Balaban J connectivity index is 1.91. The van der Waals surface area contributed by atoms with Gasteiger partial charge in [0.1, 0.15) is 11.6 Å². The van der Waals surface area contributed by atoms with Gasteiger partial charge in [-0.25, -0.2) is 8.78 Å². The Hall–Kier alpha value is -4.28. The van der Waals surface area contributed by atoms with Gasteiger partial charge in [0.25, 0.3) is 5.91 Å². The summed E-state index contributed by atoms with van der Waals surface area (Å²) in [5.74, 6) is -2.78. The van der Waals surface area contributed by atoms with Gasteiger partial charge in [0.05, 0.1) is 23.3 Å². The van der Waals surface area contributed by atoms with Crippen molar-refractivity contribution in [2.75, 3.05) is 5.32 Å². The smallest absolute Gasteiger partial charge is 0.348 e. The number of aryl methyl sites for hydroxylation is 3. The van der Waals surface area contributed by atoms with Gasteiger partial charge in [-0.15, -0.1) is 0 Å². The molecule has 2 N–H and O–H groups in total. The Kier molecular flexibility index (Phi) is 6.72. The molecule has 0 fully saturated rings. The fourth-order valence-electron chi connectivity index (χ4n) is 4.46. The van der Waals surface area contributed by atoms with Crippen LogP contribution in [-0.2, 0) is 18.0 Å². The summed E-state index contributed by atoms with van der Waals surface area (Å²) in [5.41, 5.74) is 0.897. The van der Waals surface area contributed by atoms with Gasteiger partial charge in [-0.05, 0) is 66.9 Å². The maximum absolute atomic E-state index is 14.2. The van der Waals surface area contributed by atoms with Crippen LogP contribution in [0.2, 0.25) is 0 Å². The van der Waals surface area contributed by atoms with Crippen LogP contribution in [0.25, 0.3) is 10.9 Å². The normalized spacial score (nSPS) is 12.4. The molecule has 0 aliphatic carbocycles. The highest BCUT2D eigenvalue weighted by atomic mass is 19.4. The highest BCUT2D eigenvalue weighted by Gasteiger charge is 2.32. The van der Waals surface area contributed by atoms with Crippen molar-refractivity contribution in [3.8, 4) is 0 Å². The third-order valence-electron chi connectivity index (χ3n) is 6.13. The lowest BCUT2D eigenvalue weighted by Gasteiger charge is -2.25. The fourth-order valence-corrected chi connectivity index (χ4v) is 4.46. The number of nitrogens with zero attached hydrogens (tertiary/aromatic N) is 2. The molecule has 0 radical (unpaired) electrons. The van der Waals surface area contributed by atoms with Crippen LogP contribution in [0.3, 0.4) is 0 Å². The van der Waals surface area contributed by atoms with Gasteiger partial charge >= 0.3 is 6.18 Å². The van der Waals surface area contributed by atoms with Crippen LogP contribution in [0.15, 0.2) is 48.7 Å². The fraction of sp³-hybridized carbons (Fsp3) is 0.192. The molecular formula is C26H21F5N4O2. The zero-order valence-corrected chi connectivity index (χ0v) is 19.9. The Morgan fingerprint density at radius 1 is 1.05 bits per heavy atom. The quantitative estimate of drug-likeness (QED) is 0.260. The molecule has 0 saturated heterocycles. The number of nitrogens with one attached hydrogen (secondary N) is 2. The SMILES string of the molecule is Cc1ccc(F)cc1C(NC=O)c1c(NC(=O)c2cc(F)cc(C(F)(F)F)c2)cc2cnn(C)c2c1C. The summed E-state index contributed by atoms with van der Waals surface area (Å²) in [6, 6.07) is 6.18. The molecule has 0 aliphatic rings. The van der Waals surface area contributed by atoms with Crippen molar-refractivity contribution in [2.45, 2.75) is 26.1 Å². The van der Waals surface area contributed by atoms with E-state index in [4.69, 9.17) is 0 Å². The lowest BCUT2D eigenvalue weighted by atomic mass is 9.89. The number of anilines is 1. The first-order valence-electron chi connectivity index (χ1n) is 11.0. The lowest BCUT2D eigenvalue weighted by Crippen LogP contribution is -2.25. The van der Waals surface area contributed by atoms with E-state index in [-0.39, 0.29) is 5.69 Å². The van der Waals surface area contributed by atoms with E-state index in [0.29, 0.717) is 57.8 Å². The Morgan fingerprint density at radius 2 is 1.78 bits per heavy atom. The number of rotatable bonds is 6. The monoisotopic (exact) mass is 516 g/mol. The Morgan fingerprint density at radius 3 is 2.46 bits per heavy atom. The largest absolute Gasteiger partial charge is 0.416 e. The van der Waals surface area contributed by atoms with E-state index in [1.165, 1.54) is 24.4 Å². The van der Waals surface area contributed by atoms with E-state index in [2.05, 4.69) is 15.7 Å². The van der Waals surface area contributed by atoms with Crippen LogP contribution in [0.1, 0.15) is 44.2 Å². The summed E-state index contributed by atoms with van der Waals surface area (Å²) in [7, 11) is 1.69. The topological polar surface area (TPSA) is 76.0 Å². The zero-order valence-electron chi connectivity index (χ0n) is 19.9. The summed E-state index contributed by atoms with van der Waals surface area (Å²) in [6.07, 6.45) is -2.90. The second-order valence-corrected chi connectivity index (χ2v) is 8.57. The molecule has 1 heterocycles. The zero-order chi connectivity index (χ0) is 27.1. The van der Waals surface area contributed by atoms with Crippen molar-refractivity contribution in [1.29, 1.82) is 0 Å². The molecule has 2 amide bonds. The molecule has 4 rings (SSSR count). The van der Waals surface area contributed by atoms with Crippen LogP contribution in [0.5, 0.6) is 0 Å². The van der Waals surface area contributed by atoms with Crippen LogP contribution in [-0.4, -0.2) is 22.1 Å². The minimum Gasteiger partial charge on any atom is -0.348 e. The molecular weight excluding hydrogens is 495 g/mol. The van der Waals surface area contributed by atoms with Crippen LogP contribution >= 0.6 is 0 Å². The number of fused-ring (bicyclic) bond motifs is 1. The number of carbonyl (C=O) groups excluding carboxylic acids is 2. The first kappa shape index (κ1) is 25.8. The van der Waals surface area contributed by atoms with Gasteiger partial charge < -0.3 is 10.6 Å². The number of benzene rings is 3. The molecule has 1 atom stereocenters. The summed E-state index contributed by atoms with van der Waals surface area (Å²) in [6.45, 7) is 3.43. The summed E-state index contributed by atoms with van der Waals surface area (Å²) < 4.78 is 69.4. The van der Waals surface area contributed by atoms with E-state index in [1.807, 2.05) is 0 Å². The predicted octanol–water partition coefficient (Wildman–Crippen LogP) is 5.57. The average molecular weight is 516 g/mol. The molecule has 6 nitrogen and oxygen atoms in total. The highest BCUT2D eigenvalue weighted by Crippen LogP contribution is 2.38. The molecule has 0 bridgehead atoms. The van der Waals surface area contributed by atoms with E-state index in [9.17, 15) is 31.5 Å². The Labute approximate surface area is 208 Å². The minimum atomic E-state index is -4.86. The van der Waals surface area contributed by atoms with Crippen molar-refractivity contribution in [2.24, 2.45) is 7.05 Å². The van der Waals surface area contributed by atoms with Gasteiger partial charge in [0.15, 0.2) is 0 Å². The van der Waals surface area contributed by atoms with Crippen molar-refractivity contribution >= 4 is 28.9 Å². The number of hydrogen-bond acceptors (Lipinski definition) is 3. The van der Waals surface area contributed by atoms with Crippen LogP contribution in [0, 0.1) is 25.5 Å². The second-order valence-electron chi connectivity index (χ2n) is 8.57. The van der Waals surface area contributed by atoms with E-state index < -0.39 is 40.9 Å². The van der Waals surface area contributed by atoms with Crippen molar-refractivity contribution in [1.82, 2.24) is 15.1 Å². The van der Waals surface area contributed by atoms with E-state index in [0.717, 1.165) is 0 Å². The molecule has 0 aliphatic heterocycles. The molecule has 0 spiro atoms. The van der Waals surface area contributed by atoms with Gasteiger partial charge in [-0.3, -0.25) is 14.3 Å². The standard InChI is InChI=1S/C26H21F5N4O2/c1-13-4-5-18(27)10-20(13)23(32-12-36)22-14(2)24-16(11-33-35(24)3)8-21(22)34-25(37)15-6-17(26(29,30)31)9-19(28)7-15/h4-12,23H,1-3H3,(H,32,36)(H,34,37). The maximum Gasteiger partial charge on any atom is 0.416 e. The number of amides is 2. The third kappa shape index (κ3) is 5.02. The van der Waals surface area contributed by atoms with Crippen molar-refractivity contribution in [3.63, 3.8) is 0 Å². The Bertz CT molecular complexity index is 1530. The van der Waals surface area contributed by atoms with E-state index in [1.54, 1.807) is 31.6 Å². The average Bonchev–Trinajstić information content (AvgIpc) is 3.19. The number of alkyl halides is 3. The lowest BCUT2D eigenvalue weighted by molar-refractivity contribution is -0.137. The van der Waals surface area contributed by atoms with Gasteiger partial charge in [-0.2, -0.15) is 18.3 Å². The predicted molar refractivity (Wildman–Crippen MR) is 127 cm³/mol. The summed E-state index contributed by atoms with van der Waals surface area (Å²) in [5, 5.41) is 10.0. The number of carbonyl (C=O) groups is 2. The molecule has 192 valence electrons. The molecule has 3 aromatic carbocycles. The molecule has 11 heteroatoms. The van der Waals surface area contributed by atoms with Gasteiger partial charge in [0, 0.05) is 29.2 Å². The third-order valence-corrected chi connectivity index (χ3v) is 6.13. The van der Waals surface area contributed by atoms with Crippen molar-refractivity contribution in [3.05, 3.63) is 93.7 Å². The van der Waals surface area contributed by atoms with Crippen LogP contribution in [0.4, 0.5) is 27.6 Å². The van der Waals surface area contributed by atoms with Crippen molar-refractivity contribution < 1.29 is 31.5 Å². The highest BCUT2D eigenvalue weighted by molar-refractivity contribution is 6.06. The second kappa shape index (κ2) is 9.64. The maximum atomic E-state index is 14.2. The molecule has 0 saturated carbocycles. The molecule has 1 unspecified atom stereocenters. The van der Waals surface area contributed by atoms with Gasteiger partial charge in [0.2, 0.25) is 6.41 Å². The minimum absolute atomic E-state index is 0.129. The molecule has 1 aromatic heterocycles. The molecule has 37 heavy (non-hydrogen) atoms. The van der Waals surface area contributed by atoms with E-state index >= 15 is 0 Å². The number of halogens is 5. The summed E-state index contributed by atoms with van der Waals surface area (Å²) in [4.78, 5) is 24.7. The van der Waals surface area contributed by atoms with Crippen LogP contribution < -0.4 is 10.6 Å². The summed E-state index contributed by atoms with van der Waals surface area (Å²) >= 11 is 0. The number of hydrogen-bond donors (Lipinski definition) is 2. The first-order valence-corrected chi connectivity index (χ1v) is 11.0. The first-order chi connectivity index (χ1) is 17.4. The molecule has 4 aromatic rings. The number of aromatic nitrogens is 2. The van der Waals surface area contributed by atoms with Gasteiger partial charge in [-0.1, -0.05) is 6.07 Å².